The van der Waals surface area contributed by atoms with Crippen molar-refractivity contribution >= 4 is 5.69 Å². The van der Waals surface area contributed by atoms with Gasteiger partial charge in [-0.15, -0.1) is 26.3 Å². The molecule has 0 aliphatic carbocycles. The summed E-state index contributed by atoms with van der Waals surface area (Å²) < 4.78 is 84.2. The van der Waals surface area contributed by atoms with E-state index in [1.165, 1.54) is 12.1 Å². The maximum Gasteiger partial charge on any atom is 0.491 e. The Morgan fingerprint density at radius 1 is 0.571 bits per heavy atom. The number of nitrogens with zero attached hydrogens (tertiary/aromatic N) is 1. The van der Waals surface area contributed by atoms with E-state index in [0.717, 1.165) is 12.1 Å². The second kappa shape index (κ2) is 7.46. The van der Waals surface area contributed by atoms with Gasteiger partial charge in [-0.25, -0.2) is 0 Å². The van der Waals surface area contributed by atoms with E-state index in [1.807, 2.05) is 0 Å². The van der Waals surface area contributed by atoms with Crippen molar-refractivity contribution in [3.63, 3.8) is 0 Å². The molecule has 0 aliphatic heterocycles. The molecule has 0 aromatic heterocycles. The molecular formula is C20H13F6NO. The first-order valence-corrected chi connectivity index (χ1v) is 8.03. The summed E-state index contributed by atoms with van der Waals surface area (Å²) in [4.78, 5) is -1.57. The Morgan fingerprint density at radius 2 is 1.07 bits per heavy atom. The highest BCUT2D eigenvalue weighted by Gasteiger charge is 2.54. The molecule has 0 amide bonds. The Kier molecular flexibility index (Phi) is 5.22. The minimum Gasteiger partial charge on any atom is -0.455 e. The average molecular weight is 397 g/mol. The highest BCUT2D eigenvalue weighted by Crippen LogP contribution is 2.44. The second-order valence-corrected chi connectivity index (χ2v) is 5.70. The molecule has 0 fully saturated rings. The average Bonchev–Trinajstić information content (AvgIpc) is 2.62. The van der Waals surface area contributed by atoms with Crippen LogP contribution >= 0.6 is 0 Å². The van der Waals surface area contributed by atoms with Crippen LogP contribution in [0.15, 0.2) is 78.9 Å². The molecule has 0 aliphatic rings. The summed E-state index contributed by atoms with van der Waals surface area (Å²) in [6.07, 6.45) is -11.3. The maximum atomic E-state index is 13.1. The molecule has 0 spiro atoms. The van der Waals surface area contributed by atoms with Crippen LogP contribution in [-0.2, 0) is 0 Å². The predicted molar refractivity (Wildman–Crippen MR) is 93.0 cm³/mol. The molecule has 28 heavy (non-hydrogen) atoms. The molecule has 8 heteroatoms. The van der Waals surface area contributed by atoms with Crippen molar-refractivity contribution in [1.82, 2.24) is 0 Å². The standard InChI is InChI=1S/C20H13F6NO/c21-19(22,23)27(20(24,25)26)16-11-5-7-13-18(16)28-17-12-6-4-10-15(17)14-8-2-1-3-9-14/h1-13H. The van der Waals surface area contributed by atoms with Crippen LogP contribution in [0.4, 0.5) is 32.0 Å². The fraction of sp³-hybridized carbons (Fsp3) is 0.100. The van der Waals surface area contributed by atoms with Crippen molar-refractivity contribution in [2.75, 3.05) is 4.90 Å². The van der Waals surface area contributed by atoms with Crippen LogP contribution in [0.1, 0.15) is 0 Å². The smallest absolute Gasteiger partial charge is 0.455 e. The molecule has 0 saturated heterocycles. The number of hydrogen-bond donors (Lipinski definition) is 0. The molecule has 0 atom stereocenters. The molecule has 0 saturated carbocycles. The Hall–Kier alpha value is -3.16. The number of benzene rings is 3. The number of rotatable bonds is 4. The molecule has 146 valence electrons. The maximum absolute atomic E-state index is 13.1. The summed E-state index contributed by atoms with van der Waals surface area (Å²) in [5.74, 6) is -0.439. The number of halogens is 6. The number of alkyl halides is 6. The van der Waals surface area contributed by atoms with Crippen molar-refractivity contribution in [2.24, 2.45) is 0 Å². The fourth-order valence-electron chi connectivity index (χ4n) is 2.68. The van der Waals surface area contributed by atoms with Crippen LogP contribution in [0.25, 0.3) is 11.1 Å². The van der Waals surface area contributed by atoms with Crippen LogP contribution in [-0.4, -0.2) is 12.6 Å². The molecule has 3 aromatic rings. The number of para-hydroxylation sites is 3. The summed E-state index contributed by atoms with van der Waals surface area (Å²) in [6, 6.07) is 19.4. The Morgan fingerprint density at radius 3 is 1.68 bits per heavy atom. The fourth-order valence-corrected chi connectivity index (χ4v) is 2.68. The van der Waals surface area contributed by atoms with E-state index in [0.29, 0.717) is 17.2 Å². The monoisotopic (exact) mass is 397 g/mol. The third-order valence-electron chi connectivity index (χ3n) is 3.81. The van der Waals surface area contributed by atoms with Gasteiger partial charge in [0.2, 0.25) is 0 Å². The molecule has 0 bridgehead atoms. The van der Waals surface area contributed by atoms with Gasteiger partial charge in [0.15, 0.2) is 5.75 Å². The van der Waals surface area contributed by atoms with Gasteiger partial charge in [0.1, 0.15) is 5.75 Å². The number of anilines is 1. The minimum atomic E-state index is -5.67. The van der Waals surface area contributed by atoms with Gasteiger partial charge in [-0.05, 0) is 23.8 Å². The highest BCUT2D eigenvalue weighted by atomic mass is 19.4. The molecule has 0 radical (unpaired) electrons. The quantitative estimate of drug-likeness (QED) is 0.347. The summed E-state index contributed by atoms with van der Waals surface area (Å²) >= 11 is 0. The van der Waals surface area contributed by atoms with Gasteiger partial charge in [0, 0.05) is 5.56 Å². The number of ether oxygens (including phenoxy) is 1. The normalized spacial score (nSPS) is 11.9. The molecular weight excluding hydrogens is 384 g/mol. The van der Waals surface area contributed by atoms with Gasteiger partial charge in [-0.1, -0.05) is 60.7 Å². The number of hydrogen-bond acceptors (Lipinski definition) is 2. The lowest BCUT2D eigenvalue weighted by Crippen LogP contribution is -2.48. The van der Waals surface area contributed by atoms with Gasteiger partial charge >= 0.3 is 12.6 Å². The van der Waals surface area contributed by atoms with E-state index in [9.17, 15) is 26.3 Å². The van der Waals surface area contributed by atoms with Crippen molar-refractivity contribution in [3.05, 3.63) is 78.9 Å². The van der Waals surface area contributed by atoms with Gasteiger partial charge in [0.05, 0.1) is 5.69 Å². The van der Waals surface area contributed by atoms with E-state index < -0.39 is 28.9 Å². The summed E-state index contributed by atoms with van der Waals surface area (Å²) in [7, 11) is 0. The Labute approximate surface area is 156 Å². The van der Waals surface area contributed by atoms with Gasteiger partial charge in [0.25, 0.3) is 0 Å². The SMILES string of the molecule is FC(F)(F)N(c1ccccc1Oc1ccccc1-c1ccccc1)C(F)(F)F. The van der Waals surface area contributed by atoms with Crippen LogP contribution in [0.2, 0.25) is 0 Å². The van der Waals surface area contributed by atoms with Crippen LogP contribution in [0.3, 0.4) is 0 Å². The lowest BCUT2D eigenvalue weighted by molar-refractivity contribution is -0.227. The molecule has 2 nitrogen and oxygen atoms in total. The zero-order valence-corrected chi connectivity index (χ0v) is 14.1. The van der Waals surface area contributed by atoms with Crippen LogP contribution in [0.5, 0.6) is 11.5 Å². The van der Waals surface area contributed by atoms with Crippen LogP contribution < -0.4 is 9.64 Å². The van der Waals surface area contributed by atoms with Gasteiger partial charge < -0.3 is 4.74 Å². The molecule has 0 unspecified atom stereocenters. The third-order valence-corrected chi connectivity index (χ3v) is 3.81. The minimum absolute atomic E-state index is 0.130. The molecule has 3 rings (SSSR count). The Bertz CT molecular complexity index is 923. The Balaban J connectivity index is 2.07. The van der Waals surface area contributed by atoms with E-state index in [4.69, 9.17) is 4.74 Å². The van der Waals surface area contributed by atoms with E-state index in [2.05, 4.69) is 0 Å². The first-order valence-electron chi connectivity index (χ1n) is 8.03. The zero-order valence-electron chi connectivity index (χ0n) is 14.1. The van der Waals surface area contributed by atoms with E-state index >= 15 is 0 Å². The molecule has 0 N–H and O–H groups in total. The van der Waals surface area contributed by atoms with Gasteiger partial charge in [-0.2, -0.15) is 4.90 Å². The van der Waals surface area contributed by atoms with Crippen molar-refractivity contribution in [1.29, 1.82) is 0 Å². The van der Waals surface area contributed by atoms with E-state index in [1.54, 1.807) is 48.5 Å². The van der Waals surface area contributed by atoms with Crippen molar-refractivity contribution < 1.29 is 31.1 Å². The second-order valence-electron chi connectivity index (χ2n) is 5.70. The van der Waals surface area contributed by atoms with Gasteiger partial charge in [-0.3, -0.25) is 0 Å². The topological polar surface area (TPSA) is 12.5 Å². The third kappa shape index (κ3) is 4.21. The predicted octanol–water partition coefficient (Wildman–Crippen LogP) is 6.99. The zero-order chi connectivity index (χ0) is 20.4. The lowest BCUT2D eigenvalue weighted by Gasteiger charge is -2.30. The first-order chi connectivity index (χ1) is 13.2. The highest BCUT2D eigenvalue weighted by molar-refractivity contribution is 5.71. The van der Waals surface area contributed by atoms with Crippen molar-refractivity contribution in [2.45, 2.75) is 12.6 Å². The molecule has 3 aromatic carbocycles. The van der Waals surface area contributed by atoms with Crippen molar-refractivity contribution in [3.8, 4) is 22.6 Å². The first kappa shape index (κ1) is 19.6. The summed E-state index contributed by atoms with van der Waals surface area (Å²) in [5, 5.41) is 0. The largest absolute Gasteiger partial charge is 0.491 e. The summed E-state index contributed by atoms with van der Waals surface area (Å²) in [6.45, 7) is 0. The lowest BCUT2D eigenvalue weighted by atomic mass is 10.0. The summed E-state index contributed by atoms with van der Waals surface area (Å²) in [5.41, 5.74) is 0.0907. The van der Waals surface area contributed by atoms with Crippen LogP contribution in [0, 0.1) is 0 Å². The molecule has 0 heterocycles. The van der Waals surface area contributed by atoms with E-state index in [-0.39, 0.29) is 5.75 Å².